The smallest absolute Gasteiger partial charge is 0.123 e. The molecule has 0 saturated heterocycles. The van der Waals surface area contributed by atoms with Crippen molar-refractivity contribution < 1.29 is 9.78 Å². The van der Waals surface area contributed by atoms with Crippen molar-refractivity contribution in [3.63, 3.8) is 0 Å². The standard InChI is InChI=1S/C20H28O2/c1-10-19(6,7)21-22-20(8,9)18-12-16(14(2)3)11-17(13-18)15(4)5/h10-13H,1-2,4H2,3,5-9H3. The van der Waals surface area contributed by atoms with Crippen molar-refractivity contribution in [3.05, 3.63) is 60.7 Å². The van der Waals surface area contributed by atoms with Crippen LogP contribution in [0, 0.1) is 0 Å². The van der Waals surface area contributed by atoms with Gasteiger partial charge < -0.3 is 0 Å². The van der Waals surface area contributed by atoms with Crippen LogP contribution in [-0.2, 0) is 15.4 Å². The molecule has 0 N–H and O–H groups in total. The zero-order valence-electron chi connectivity index (χ0n) is 14.7. The van der Waals surface area contributed by atoms with Gasteiger partial charge in [-0.3, -0.25) is 0 Å². The van der Waals surface area contributed by atoms with Gasteiger partial charge in [0.2, 0.25) is 0 Å². The fraction of sp³-hybridized carbons (Fsp3) is 0.400. The van der Waals surface area contributed by atoms with E-state index in [1.807, 2.05) is 41.5 Å². The molecule has 0 aliphatic rings. The summed E-state index contributed by atoms with van der Waals surface area (Å²) < 4.78 is 0. The highest BCUT2D eigenvalue weighted by Gasteiger charge is 2.27. The molecule has 0 fully saturated rings. The van der Waals surface area contributed by atoms with Gasteiger partial charge in [-0.05, 0) is 76.4 Å². The summed E-state index contributed by atoms with van der Waals surface area (Å²) in [5.74, 6) is 0. The summed E-state index contributed by atoms with van der Waals surface area (Å²) in [5, 5.41) is 0. The van der Waals surface area contributed by atoms with E-state index in [0.717, 1.165) is 27.8 Å². The van der Waals surface area contributed by atoms with Gasteiger partial charge in [-0.1, -0.05) is 30.4 Å². The van der Waals surface area contributed by atoms with Crippen molar-refractivity contribution in [1.82, 2.24) is 0 Å². The molecule has 0 atom stereocenters. The first-order chi connectivity index (χ1) is 9.98. The van der Waals surface area contributed by atoms with E-state index in [2.05, 4.69) is 37.9 Å². The molecule has 22 heavy (non-hydrogen) atoms. The Balaban J connectivity index is 3.19. The Kier molecular flexibility index (Phi) is 5.55. The fourth-order valence-corrected chi connectivity index (χ4v) is 1.76. The highest BCUT2D eigenvalue weighted by molar-refractivity contribution is 5.70. The third kappa shape index (κ3) is 4.69. The van der Waals surface area contributed by atoms with E-state index in [1.54, 1.807) is 6.08 Å². The number of rotatable bonds is 7. The molecule has 0 spiro atoms. The summed E-state index contributed by atoms with van der Waals surface area (Å²) >= 11 is 0. The van der Waals surface area contributed by atoms with Crippen molar-refractivity contribution in [3.8, 4) is 0 Å². The van der Waals surface area contributed by atoms with Crippen molar-refractivity contribution in [2.24, 2.45) is 0 Å². The molecule has 0 saturated carbocycles. The van der Waals surface area contributed by atoms with Crippen LogP contribution in [0.3, 0.4) is 0 Å². The molecule has 0 unspecified atom stereocenters. The summed E-state index contributed by atoms with van der Waals surface area (Å²) in [4.78, 5) is 11.2. The molecule has 1 aromatic carbocycles. The maximum atomic E-state index is 5.71. The van der Waals surface area contributed by atoms with E-state index < -0.39 is 11.2 Å². The topological polar surface area (TPSA) is 18.5 Å². The summed E-state index contributed by atoms with van der Waals surface area (Å²) in [6.45, 7) is 23.6. The largest absolute Gasteiger partial charge is 0.226 e. The van der Waals surface area contributed by atoms with Crippen molar-refractivity contribution in [2.45, 2.75) is 52.7 Å². The molecule has 0 aromatic heterocycles. The normalized spacial score (nSPS) is 12.1. The molecule has 0 aliphatic heterocycles. The Hall–Kier alpha value is -1.64. The Morgan fingerprint density at radius 3 is 1.73 bits per heavy atom. The van der Waals surface area contributed by atoms with Gasteiger partial charge in [-0.25, -0.2) is 9.78 Å². The lowest BCUT2D eigenvalue weighted by molar-refractivity contribution is -0.395. The van der Waals surface area contributed by atoms with E-state index in [-0.39, 0.29) is 0 Å². The van der Waals surface area contributed by atoms with E-state index in [1.165, 1.54) is 0 Å². The highest BCUT2D eigenvalue weighted by Crippen LogP contribution is 2.32. The van der Waals surface area contributed by atoms with Gasteiger partial charge in [0.05, 0.1) is 0 Å². The monoisotopic (exact) mass is 300 g/mol. The molecule has 0 bridgehead atoms. The lowest BCUT2D eigenvalue weighted by Crippen LogP contribution is -2.29. The summed E-state index contributed by atoms with van der Waals surface area (Å²) in [6, 6.07) is 6.26. The van der Waals surface area contributed by atoms with Gasteiger partial charge in [0.15, 0.2) is 0 Å². The van der Waals surface area contributed by atoms with Gasteiger partial charge in [0, 0.05) is 0 Å². The maximum Gasteiger partial charge on any atom is 0.123 e. The van der Waals surface area contributed by atoms with Crippen LogP contribution in [0.4, 0.5) is 0 Å². The van der Waals surface area contributed by atoms with Crippen LogP contribution in [0.25, 0.3) is 11.1 Å². The van der Waals surface area contributed by atoms with Gasteiger partial charge >= 0.3 is 0 Å². The Morgan fingerprint density at radius 1 is 0.909 bits per heavy atom. The molecule has 1 rings (SSSR count). The molecule has 1 aromatic rings. The van der Waals surface area contributed by atoms with Crippen molar-refractivity contribution in [1.29, 1.82) is 0 Å². The minimum atomic E-state index is -0.601. The second-order valence-electron chi connectivity index (χ2n) is 6.84. The lowest BCUT2D eigenvalue weighted by Gasteiger charge is -2.30. The zero-order valence-corrected chi connectivity index (χ0v) is 14.7. The number of allylic oxidation sites excluding steroid dienone is 2. The third-order valence-electron chi connectivity index (χ3n) is 3.57. The molecule has 2 nitrogen and oxygen atoms in total. The van der Waals surface area contributed by atoms with Gasteiger partial charge in [-0.15, -0.1) is 6.58 Å². The first-order valence-corrected chi connectivity index (χ1v) is 7.46. The highest BCUT2D eigenvalue weighted by atomic mass is 17.2. The molecule has 0 amide bonds. The predicted molar refractivity (Wildman–Crippen MR) is 95.3 cm³/mol. The quantitative estimate of drug-likeness (QED) is 0.354. The number of hydrogen-bond acceptors (Lipinski definition) is 2. The zero-order chi connectivity index (χ0) is 17.1. The average molecular weight is 300 g/mol. The Bertz CT molecular complexity index is 559. The van der Waals surface area contributed by atoms with Gasteiger partial charge in [-0.2, -0.15) is 0 Å². The molecule has 0 heterocycles. The predicted octanol–water partition coefficient (Wildman–Crippen LogP) is 5.90. The van der Waals surface area contributed by atoms with E-state index in [4.69, 9.17) is 9.78 Å². The van der Waals surface area contributed by atoms with E-state index in [0.29, 0.717) is 0 Å². The van der Waals surface area contributed by atoms with Crippen LogP contribution in [-0.4, -0.2) is 5.60 Å². The number of hydrogen-bond donors (Lipinski definition) is 0. The van der Waals surface area contributed by atoms with Crippen LogP contribution in [0.2, 0.25) is 0 Å². The average Bonchev–Trinajstić information content (AvgIpc) is 2.45. The van der Waals surface area contributed by atoms with Crippen LogP contribution >= 0.6 is 0 Å². The first kappa shape index (κ1) is 18.4. The SMILES string of the molecule is C=CC(C)(C)OOC(C)(C)c1cc(C(=C)C)cc(C(=C)C)c1. The lowest BCUT2D eigenvalue weighted by atomic mass is 9.91. The minimum absolute atomic E-state index is 0.541. The third-order valence-corrected chi connectivity index (χ3v) is 3.57. The molecule has 0 aliphatic carbocycles. The van der Waals surface area contributed by atoms with Crippen molar-refractivity contribution >= 4 is 11.1 Å². The minimum Gasteiger partial charge on any atom is -0.226 e. The van der Waals surface area contributed by atoms with Crippen LogP contribution in [0.1, 0.15) is 58.2 Å². The summed E-state index contributed by atoms with van der Waals surface area (Å²) in [6.07, 6.45) is 1.71. The second kappa shape index (κ2) is 6.64. The summed E-state index contributed by atoms with van der Waals surface area (Å²) in [7, 11) is 0. The van der Waals surface area contributed by atoms with Gasteiger partial charge in [0.1, 0.15) is 11.2 Å². The molecular formula is C20H28O2. The van der Waals surface area contributed by atoms with E-state index in [9.17, 15) is 0 Å². The van der Waals surface area contributed by atoms with Crippen LogP contribution < -0.4 is 0 Å². The number of benzene rings is 1. The molecule has 2 heteroatoms. The molecular weight excluding hydrogens is 272 g/mol. The Labute approximate surface area is 135 Å². The van der Waals surface area contributed by atoms with Crippen LogP contribution in [0.15, 0.2) is 44.0 Å². The van der Waals surface area contributed by atoms with Crippen LogP contribution in [0.5, 0.6) is 0 Å². The Morgan fingerprint density at radius 2 is 1.36 bits per heavy atom. The molecule has 0 radical (unpaired) electrons. The first-order valence-electron chi connectivity index (χ1n) is 7.46. The van der Waals surface area contributed by atoms with Crippen molar-refractivity contribution in [2.75, 3.05) is 0 Å². The summed E-state index contributed by atoms with van der Waals surface area (Å²) in [5.41, 5.74) is 4.05. The van der Waals surface area contributed by atoms with E-state index >= 15 is 0 Å². The second-order valence-corrected chi connectivity index (χ2v) is 6.84. The molecule has 120 valence electrons. The maximum absolute atomic E-state index is 5.71. The fourth-order valence-electron chi connectivity index (χ4n) is 1.76. The van der Waals surface area contributed by atoms with Gasteiger partial charge in [0.25, 0.3) is 0 Å².